The van der Waals surface area contributed by atoms with Crippen LogP contribution in [0.4, 0.5) is 0 Å². The van der Waals surface area contributed by atoms with Crippen LogP contribution in [0.2, 0.25) is 0 Å². The summed E-state index contributed by atoms with van der Waals surface area (Å²) in [6.07, 6.45) is -0.721. The maximum Gasteiger partial charge on any atom is 0.140 e. The molecule has 0 saturated heterocycles. The van der Waals surface area contributed by atoms with Crippen LogP contribution in [-0.2, 0) is 0 Å². The van der Waals surface area contributed by atoms with Gasteiger partial charge in [0.25, 0.3) is 0 Å². The van der Waals surface area contributed by atoms with E-state index in [1.165, 1.54) is 0 Å². The molecule has 78 valence electrons. The van der Waals surface area contributed by atoms with Gasteiger partial charge in [-0.3, -0.25) is 0 Å². The molecule has 1 heteroatoms. The van der Waals surface area contributed by atoms with Crippen LogP contribution in [-0.4, -0.2) is 5.11 Å². The van der Waals surface area contributed by atoms with Crippen molar-refractivity contribution in [3.63, 3.8) is 0 Å². The van der Waals surface area contributed by atoms with Crippen LogP contribution in [0.1, 0.15) is 17.2 Å². The van der Waals surface area contributed by atoms with Gasteiger partial charge in [0.05, 0.1) is 0 Å². The van der Waals surface area contributed by atoms with Gasteiger partial charge < -0.3 is 5.11 Å². The third-order valence-corrected chi connectivity index (χ3v) is 2.24. The predicted molar refractivity (Wildman–Crippen MR) is 64.7 cm³/mol. The second-order valence-corrected chi connectivity index (χ2v) is 3.45. The van der Waals surface area contributed by atoms with Crippen LogP contribution in [0.3, 0.4) is 0 Å². The standard InChI is InChI=1S/C15H12O/c16-15(14-9-5-2-6-10-14)12-11-13-7-3-1-4-8-13/h1-10,15-16H/t15-/m1/s1. The van der Waals surface area contributed by atoms with Crippen molar-refractivity contribution in [2.75, 3.05) is 0 Å². The average molecular weight is 208 g/mol. The van der Waals surface area contributed by atoms with Gasteiger partial charge in [-0.25, -0.2) is 0 Å². The molecule has 1 nitrogen and oxygen atoms in total. The highest BCUT2D eigenvalue weighted by molar-refractivity contribution is 5.36. The molecule has 0 fully saturated rings. The summed E-state index contributed by atoms with van der Waals surface area (Å²) >= 11 is 0. The Morgan fingerprint density at radius 1 is 0.812 bits per heavy atom. The summed E-state index contributed by atoms with van der Waals surface area (Å²) in [5.74, 6) is 5.76. The van der Waals surface area contributed by atoms with Crippen molar-refractivity contribution >= 4 is 0 Å². The molecule has 1 N–H and O–H groups in total. The van der Waals surface area contributed by atoms with E-state index in [1.54, 1.807) is 0 Å². The van der Waals surface area contributed by atoms with Crippen molar-refractivity contribution in [3.8, 4) is 11.8 Å². The number of benzene rings is 2. The zero-order valence-corrected chi connectivity index (χ0v) is 8.80. The fourth-order valence-corrected chi connectivity index (χ4v) is 1.39. The molecule has 0 aliphatic heterocycles. The first kappa shape index (κ1) is 10.5. The summed E-state index contributed by atoms with van der Waals surface area (Å²) < 4.78 is 0. The van der Waals surface area contributed by atoms with Crippen molar-refractivity contribution in [2.24, 2.45) is 0 Å². The number of hydrogen-bond donors (Lipinski definition) is 1. The molecular formula is C15H12O. The third-order valence-electron chi connectivity index (χ3n) is 2.24. The topological polar surface area (TPSA) is 20.2 Å². The Morgan fingerprint density at radius 2 is 1.38 bits per heavy atom. The quantitative estimate of drug-likeness (QED) is 0.714. The summed E-state index contributed by atoms with van der Waals surface area (Å²) in [6.45, 7) is 0. The van der Waals surface area contributed by atoms with E-state index in [0.29, 0.717) is 0 Å². The lowest BCUT2D eigenvalue weighted by Gasteiger charge is -2.01. The molecule has 0 heterocycles. The molecule has 0 spiro atoms. The second kappa shape index (κ2) is 5.16. The zero-order valence-electron chi connectivity index (χ0n) is 8.80. The van der Waals surface area contributed by atoms with Gasteiger partial charge in [-0.15, -0.1) is 0 Å². The number of aliphatic hydroxyl groups excluding tert-OH is 1. The maximum absolute atomic E-state index is 9.81. The van der Waals surface area contributed by atoms with Gasteiger partial charge in [-0.2, -0.15) is 0 Å². The summed E-state index contributed by atoms with van der Waals surface area (Å²) in [7, 11) is 0. The van der Waals surface area contributed by atoms with Gasteiger partial charge in [0.15, 0.2) is 0 Å². The molecule has 0 unspecified atom stereocenters. The SMILES string of the molecule is O[C@H](C#Cc1ccccc1)c1ccccc1. The summed E-state index contributed by atoms with van der Waals surface area (Å²) in [4.78, 5) is 0. The van der Waals surface area contributed by atoms with Crippen molar-refractivity contribution in [2.45, 2.75) is 6.10 Å². The van der Waals surface area contributed by atoms with Crippen LogP contribution in [0, 0.1) is 11.8 Å². The lowest BCUT2D eigenvalue weighted by molar-refractivity contribution is 0.238. The molecule has 0 saturated carbocycles. The normalized spacial score (nSPS) is 11.3. The predicted octanol–water partition coefficient (Wildman–Crippen LogP) is 2.77. The van der Waals surface area contributed by atoms with Crippen LogP contribution in [0.5, 0.6) is 0 Å². The fourth-order valence-electron chi connectivity index (χ4n) is 1.39. The molecule has 2 rings (SSSR count). The Bertz CT molecular complexity index is 491. The van der Waals surface area contributed by atoms with Crippen LogP contribution in [0.15, 0.2) is 60.7 Å². The minimum atomic E-state index is -0.721. The average Bonchev–Trinajstić information content (AvgIpc) is 2.38. The molecule has 0 aliphatic rings. The van der Waals surface area contributed by atoms with E-state index in [4.69, 9.17) is 0 Å². The van der Waals surface area contributed by atoms with Gasteiger partial charge in [0, 0.05) is 5.56 Å². The Kier molecular flexibility index (Phi) is 3.38. The van der Waals surface area contributed by atoms with E-state index < -0.39 is 6.10 Å². The van der Waals surface area contributed by atoms with Crippen LogP contribution < -0.4 is 0 Å². The highest BCUT2D eigenvalue weighted by Crippen LogP contribution is 2.10. The third kappa shape index (κ3) is 2.73. The monoisotopic (exact) mass is 208 g/mol. The first-order valence-electron chi connectivity index (χ1n) is 5.16. The summed E-state index contributed by atoms with van der Waals surface area (Å²) in [5, 5.41) is 9.81. The lowest BCUT2D eigenvalue weighted by atomic mass is 10.1. The van der Waals surface area contributed by atoms with Gasteiger partial charge >= 0.3 is 0 Å². The van der Waals surface area contributed by atoms with Gasteiger partial charge in [0.1, 0.15) is 6.10 Å². The summed E-state index contributed by atoms with van der Waals surface area (Å²) in [6, 6.07) is 19.1. The van der Waals surface area contributed by atoms with Crippen LogP contribution in [0.25, 0.3) is 0 Å². The molecule has 0 bridgehead atoms. The van der Waals surface area contributed by atoms with Gasteiger partial charge in [-0.1, -0.05) is 60.4 Å². The smallest absolute Gasteiger partial charge is 0.140 e. The van der Waals surface area contributed by atoms with Gasteiger partial charge in [-0.05, 0) is 17.7 Å². The first-order chi connectivity index (χ1) is 7.86. The molecule has 2 aromatic carbocycles. The van der Waals surface area contributed by atoms with E-state index in [-0.39, 0.29) is 0 Å². The zero-order chi connectivity index (χ0) is 11.2. The highest BCUT2D eigenvalue weighted by Gasteiger charge is 2.00. The number of aliphatic hydroxyl groups is 1. The lowest BCUT2D eigenvalue weighted by Crippen LogP contribution is -1.92. The molecule has 1 atom stereocenters. The van der Waals surface area contributed by atoms with Crippen LogP contribution >= 0.6 is 0 Å². The van der Waals surface area contributed by atoms with Crippen molar-refractivity contribution in [1.29, 1.82) is 0 Å². The van der Waals surface area contributed by atoms with E-state index >= 15 is 0 Å². The van der Waals surface area contributed by atoms with Crippen molar-refractivity contribution in [1.82, 2.24) is 0 Å². The molecule has 16 heavy (non-hydrogen) atoms. The minimum absolute atomic E-state index is 0.721. The molecule has 2 aromatic rings. The van der Waals surface area contributed by atoms with E-state index in [0.717, 1.165) is 11.1 Å². The van der Waals surface area contributed by atoms with E-state index in [2.05, 4.69) is 11.8 Å². The van der Waals surface area contributed by atoms with Crippen molar-refractivity contribution in [3.05, 3.63) is 71.8 Å². The molecule has 0 aromatic heterocycles. The highest BCUT2D eigenvalue weighted by atomic mass is 16.3. The Hall–Kier alpha value is -2.04. The Balaban J connectivity index is 2.15. The van der Waals surface area contributed by atoms with Crippen molar-refractivity contribution < 1.29 is 5.11 Å². The second-order valence-electron chi connectivity index (χ2n) is 3.45. The molecular weight excluding hydrogens is 196 g/mol. The number of rotatable bonds is 1. The number of hydrogen-bond acceptors (Lipinski definition) is 1. The molecule has 0 aliphatic carbocycles. The van der Waals surface area contributed by atoms with Gasteiger partial charge in [0.2, 0.25) is 0 Å². The van der Waals surface area contributed by atoms with E-state index in [1.807, 2.05) is 60.7 Å². The molecule has 0 amide bonds. The van der Waals surface area contributed by atoms with E-state index in [9.17, 15) is 5.11 Å². The Labute approximate surface area is 95.4 Å². The minimum Gasteiger partial charge on any atom is -0.376 e. The first-order valence-corrected chi connectivity index (χ1v) is 5.16. The fraction of sp³-hybridized carbons (Fsp3) is 0.0667. The molecule has 0 radical (unpaired) electrons. The summed E-state index contributed by atoms with van der Waals surface area (Å²) in [5.41, 5.74) is 1.74. The largest absolute Gasteiger partial charge is 0.376 e. The Morgan fingerprint density at radius 3 is 2.00 bits per heavy atom. The maximum atomic E-state index is 9.81.